The Bertz CT molecular complexity index is 506. The Hall–Kier alpha value is -1.95. The molecule has 2 N–H and O–H groups in total. The van der Waals surface area contributed by atoms with E-state index in [1.54, 1.807) is 7.11 Å². The molecule has 24 heavy (non-hydrogen) atoms. The van der Waals surface area contributed by atoms with Crippen molar-refractivity contribution in [2.75, 3.05) is 40.5 Å². The predicted octanol–water partition coefficient (Wildman–Crippen LogP) is 2.26. The topological polar surface area (TPSA) is 66.3 Å². The van der Waals surface area contributed by atoms with Gasteiger partial charge in [-0.05, 0) is 31.0 Å². The Morgan fingerprint density at radius 1 is 1.29 bits per heavy atom. The maximum absolute atomic E-state index is 8.86. The second-order valence-electron chi connectivity index (χ2n) is 5.50. The number of aliphatic hydroxyl groups excluding tert-OH is 1. The molecule has 0 spiro atoms. The third-order valence-electron chi connectivity index (χ3n) is 3.53. The Morgan fingerprint density at radius 3 is 2.71 bits per heavy atom. The second kappa shape index (κ2) is 11.6. The van der Waals surface area contributed by atoms with E-state index < -0.39 is 0 Å². The lowest BCUT2D eigenvalue weighted by molar-refractivity contribution is 0.196. The molecular formula is C18H31N3O3. The van der Waals surface area contributed by atoms with Gasteiger partial charge in [0.1, 0.15) is 6.61 Å². The molecule has 0 bridgehead atoms. The maximum atomic E-state index is 8.86. The zero-order valence-corrected chi connectivity index (χ0v) is 15.3. The minimum absolute atomic E-state index is 0.0225. The number of nitrogens with zero attached hydrogens (tertiary/aromatic N) is 2. The van der Waals surface area contributed by atoms with Crippen LogP contribution >= 0.6 is 0 Å². The Morgan fingerprint density at radius 2 is 2.08 bits per heavy atom. The van der Waals surface area contributed by atoms with Crippen LogP contribution in [0.3, 0.4) is 0 Å². The van der Waals surface area contributed by atoms with Gasteiger partial charge in [-0.2, -0.15) is 0 Å². The molecule has 0 heterocycles. The highest BCUT2D eigenvalue weighted by Gasteiger charge is 2.07. The zero-order valence-electron chi connectivity index (χ0n) is 15.3. The molecule has 6 heteroatoms. The summed E-state index contributed by atoms with van der Waals surface area (Å²) in [5.74, 6) is 2.19. The minimum Gasteiger partial charge on any atom is -0.493 e. The Kier molecular flexibility index (Phi) is 9.68. The maximum Gasteiger partial charge on any atom is 0.193 e. The summed E-state index contributed by atoms with van der Waals surface area (Å²) in [5.41, 5.74) is 1.04. The second-order valence-corrected chi connectivity index (χ2v) is 5.50. The quantitative estimate of drug-likeness (QED) is 0.506. The molecule has 0 aliphatic heterocycles. The van der Waals surface area contributed by atoms with Gasteiger partial charge in [0.15, 0.2) is 17.5 Å². The van der Waals surface area contributed by atoms with Crippen LogP contribution in [0.5, 0.6) is 11.5 Å². The Labute approximate surface area is 145 Å². The Balaban J connectivity index is 2.80. The van der Waals surface area contributed by atoms with E-state index in [4.69, 9.17) is 19.6 Å². The average molecular weight is 337 g/mol. The molecule has 0 aliphatic rings. The van der Waals surface area contributed by atoms with Gasteiger partial charge >= 0.3 is 0 Å². The van der Waals surface area contributed by atoms with E-state index in [0.29, 0.717) is 18.0 Å². The lowest BCUT2D eigenvalue weighted by atomic mass is 10.2. The molecule has 0 saturated heterocycles. The van der Waals surface area contributed by atoms with Crippen LogP contribution in [0.15, 0.2) is 23.2 Å². The highest BCUT2D eigenvalue weighted by molar-refractivity contribution is 5.79. The van der Waals surface area contributed by atoms with Gasteiger partial charge in [0.05, 0.1) is 20.3 Å². The number of nitrogens with one attached hydrogen (secondary N) is 1. The van der Waals surface area contributed by atoms with E-state index in [0.717, 1.165) is 37.5 Å². The van der Waals surface area contributed by atoms with Crippen LogP contribution in [0.25, 0.3) is 0 Å². The molecule has 0 radical (unpaired) electrons. The molecule has 6 nitrogen and oxygen atoms in total. The van der Waals surface area contributed by atoms with Crippen molar-refractivity contribution in [2.45, 2.75) is 33.2 Å². The summed E-state index contributed by atoms with van der Waals surface area (Å²) >= 11 is 0. The summed E-state index contributed by atoms with van der Waals surface area (Å²) in [4.78, 5) is 6.85. The SMILES string of the molecule is CCCCN(C)C(=NCc1ccc(OCCO)c(OC)c1)NCC. The molecule has 1 aromatic carbocycles. The van der Waals surface area contributed by atoms with Crippen molar-refractivity contribution in [2.24, 2.45) is 4.99 Å². The van der Waals surface area contributed by atoms with E-state index in [2.05, 4.69) is 31.1 Å². The summed E-state index contributed by atoms with van der Waals surface area (Å²) < 4.78 is 10.8. The fraction of sp³-hybridized carbons (Fsp3) is 0.611. The van der Waals surface area contributed by atoms with Crippen LogP contribution in [0.4, 0.5) is 0 Å². The van der Waals surface area contributed by atoms with Crippen molar-refractivity contribution in [1.82, 2.24) is 10.2 Å². The molecule has 0 aromatic heterocycles. The molecule has 0 aliphatic carbocycles. The lowest BCUT2D eigenvalue weighted by Gasteiger charge is -2.21. The van der Waals surface area contributed by atoms with E-state index in [9.17, 15) is 0 Å². The monoisotopic (exact) mass is 337 g/mol. The molecule has 0 atom stereocenters. The van der Waals surface area contributed by atoms with Crippen molar-refractivity contribution < 1.29 is 14.6 Å². The highest BCUT2D eigenvalue weighted by atomic mass is 16.5. The molecule has 0 unspecified atom stereocenters. The van der Waals surface area contributed by atoms with Crippen LogP contribution in [-0.4, -0.2) is 56.4 Å². The molecule has 136 valence electrons. The van der Waals surface area contributed by atoms with Crippen molar-refractivity contribution in [3.8, 4) is 11.5 Å². The molecular weight excluding hydrogens is 306 g/mol. The van der Waals surface area contributed by atoms with Gasteiger partial charge in [-0.15, -0.1) is 0 Å². The third-order valence-corrected chi connectivity index (χ3v) is 3.53. The first-order chi connectivity index (χ1) is 11.7. The van der Waals surface area contributed by atoms with Gasteiger partial charge < -0.3 is 24.8 Å². The first-order valence-electron chi connectivity index (χ1n) is 8.56. The molecule has 1 aromatic rings. The number of aliphatic imine (C=N–C) groups is 1. The predicted molar refractivity (Wildman–Crippen MR) is 97.9 cm³/mol. The lowest BCUT2D eigenvalue weighted by Crippen LogP contribution is -2.39. The normalized spacial score (nSPS) is 11.3. The number of benzene rings is 1. The number of aliphatic hydroxyl groups is 1. The number of unbranched alkanes of at least 4 members (excludes halogenated alkanes) is 1. The fourth-order valence-electron chi connectivity index (χ4n) is 2.22. The first-order valence-corrected chi connectivity index (χ1v) is 8.56. The van der Waals surface area contributed by atoms with Crippen LogP contribution in [0.2, 0.25) is 0 Å². The minimum atomic E-state index is -0.0225. The largest absolute Gasteiger partial charge is 0.493 e. The highest BCUT2D eigenvalue weighted by Crippen LogP contribution is 2.28. The number of hydrogen-bond acceptors (Lipinski definition) is 4. The number of guanidine groups is 1. The molecule has 0 amide bonds. The van der Waals surface area contributed by atoms with E-state index in [-0.39, 0.29) is 13.2 Å². The van der Waals surface area contributed by atoms with Crippen molar-refractivity contribution in [3.63, 3.8) is 0 Å². The number of methoxy groups -OCH3 is 1. The van der Waals surface area contributed by atoms with Gasteiger partial charge in [0, 0.05) is 20.1 Å². The average Bonchev–Trinajstić information content (AvgIpc) is 2.61. The summed E-state index contributed by atoms with van der Waals surface area (Å²) in [7, 11) is 3.67. The molecule has 0 fully saturated rings. The van der Waals surface area contributed by atoms with Gasteiger partial charge in [-0.3, -0.25) is 0 Å². The van der Waals surface area contributed by atoms with Gasteiger partial charge in [-0.25, -0.2) is 4.99 Å². The van der Waals surface area contributed by atoms with Crippen LogP contribution in [0.1, 0.15) is 32.3 Å². The van der Waals surface area contributed by atoms with Crippen molar-refractivity contribution in [3.05, 3.63) is 23.8 Å². The zero-order chi connectivity index (χ0) is 17.8. The van der Waals surface area contributed by atoms with E-state index >= 15 is 0 Å². The summed E-state index contributed by atoms with van der Waals surface area (Å²) in [6.07, 6.45) is 2.31. The van der Waals surface area contributed by atoms with Crippen LogP contribution in [0, 0.1) is 0 Å². The van der Waals surface area contributed by atoms with E-state index in [1.165, 1.54) is 0 Å². The first kappa shape index (κ1) is 20.1. The summed E-state index contributed by atoms with van der Waals surface area (Å²) in [6.45, 7) is 6.87. The van der Waals surface area contributed by atoms with E-state index in [1.807, 2.05) is 18.2 Å². The van der Waals surface area contributed by atoms with Crippen molar-refractivity contribution >= 4 is 5.96 Å². The van der Waals surface area contributed by atoms with Gasteiger partial charge in [0.2, 0.25) is 0 Å². The molecule has 0 saturated carbocycles. The summed E-state index contributed by atoms with van der Waals surface area (Å²) in [5, 5.41) is 12.2. The number of hydrogen-bond donors (Lipinski definition) is 2. The standard InChI is InChI=1S/C18H31N3O3/c1-5-7-10-21(3)18(19-6-2)20-14-15-8-9-16(24-12-11-22)17(13-15)23-4/h8-9,13,22H,5-7,10-12,14H2,1-4H3,(H,19,20). The van der Waals surface area contributed by atoms with Crippen LogP contribution < -0.4 is 14.8 Å². The van der Waals surface area contributed by atoms with Crippen LogP contribution in [-0.2, 0) is 6.54 Å². The van der Waals surface area contributed by atoms with Crippen molar-refractivity contribution in [1.29, 1.82) is 0 Å². The fourth-order valence-corrected chi connectivity index (χ4v) is 2.22. The molecule has 1 rings (SSSR count). The summed E-state index contributed by atoms with van der Waals surface area (Å²) in [6, 6.07) is 5.74. The smallest absolute Gasteiger partial charge is 0.193 e. The number of ether oxygens (including phenoxy) is 2. The van der Waals surface area contributed by atoms with Gasteiger partial charge in [-0.1, -0.05) is 19.4 Å². The third kappa shape index (κ3) is 6.66. The number of rotatable bonds is 10. The van der Waals surface area contributed by atoms with Gasteiger partial charge in [0.25, 0.3) is 0 Å².